The minimum Gasteiger partial charge on any atom is -0.395 e. The van der Waals surface area contributed by atoms with Crippen LogP contribution in [0.2, 0.25) is 0 Å². The van der Waals surface area contributed by atoms with Gasteiger partial charge in [0.1, 0.15) is 0 Å². The van der Waals surface area contributed by atoms with Crippen molar-refractivity contribution in [2.45, 2.75) is 6.42 Å². The van der Waals surface area contributed by atoms with Gasteiger partial charge in [-0.3, -0.25) is 4.90 Å². The molecule has 0 amide bonds. The van der Waals surface area contributed by atoms with Gasteiger partial charge in [0, 0.05) is 31.9 Å². The van der Waals surface area contributed by atoms with Crippen molar-refractivity contribution in [2.75, 3.05) is 44.6 Å². The first-order chi connectivity index (χ1) is 9.29. The number of thiocarbonyl (C=S) groups is 1. The Morgan fingerprint density at radius 1 is 1.16 bits per heavy atom. The van der Waals surface area contributed by atoms with Crippen LogP contribution in [-0.4, -0.2) is 59.3 Å². The van der Waals surface area contributed by atoms with Gasteiger partial charge in [0.2, 0.25) is 0 Å². The van der Waals surface area contributed by atoms with E-state index in [1.165, 1.54) is 0 Å². The monoisotopic (exact) mass is 279 g/mol. The highest BCUT2D eigenvalue weighted by Gasteiger charge is 2.16. The molecule has 1 aliphatic rings. The first kappa shape index (κ1) is 14.2. The molecule has 1 saturated heterocycles. The van der Waals surface area contributed by atoms with E-state index in [4.69, 9.17) is 17.3 Å². The van der Waals surface area contributed by atoms with Crippen molar-refractivity contribution in [3.05, 3.63) is 30.3 Å². The van der Waals surface area contributed by atoms with E-state index in [1.807, 2.05) is 30.3 Å². The van der Waals surface area contributed by atoms with Crippen LogP contribution in [-0.2, 0) is 0 Å². The van der Waals surface area contributed by atoms with Crippen molar-refractivity contribution < 1.29 is 5.11 Å². The molecule has 4 nitrogen and oxygen atoms in total. The summed E-state index contributed by atoms with van der Waals surface area (Å²) in [7, 11) is 0. The fraction of sp³-hybridized carbons (Fsp3) is 0.500. The molecule has 19 heavy (non-hydrogen) atoms. The molecule has 1 aromatic carbocycles. The number of anilines is 1. The summed E-state index contributed by atoms with van der Waals surface area (Å²) in [5.41, 5.74) is 1.03. The lowest BCUT2D eigenvalue weighted by Crippen LogP contribution is -2.38. The van der Waals surface area contributed by atoms with E-state index in [9.17, 15) is 0 Å². The van der Waals surface area contributed by atoms with Crippen LogP contribution in [0.3, 0.4) is 0 Å². The van der Waals surface area contributed by atoms with E-state index >= 15 is 0 Å². The summed E-state index contributed by atoms with van der Waals surface area (Å²) in [5.74, 6) is 0. The lowest BCUT2D eigenvalue weighted by molar-refractivity contribution is 0.202. The van der Waals surface area contributed by atoms with Crippen molar-refractivity contribution in [3.8, 4) is 0 Å². The summed E-state index contributed by atoms with van der Waals surface area (Å²) >= 11 is 5.47. The number of hydrogen-bond donors (Lipinski definition) is 2. The Labute approximate surface area is 120 Å². The fourth-order valence-electron chi connectivity index (χ4n) is 2.26. The smallest absolute Gasteiger partial charge is 0.173 e. The van der Waals surface area contributed by atoms with Gasteiger partial charge in [0.15, 0.2) is 5.11 Å². The maximum absolute atomic E-state index is 8.99. The highest BCUT2D eigenvalue weighted by Crippen LogP contribution is 2.09. The summed E-state index contributed by atoms with van der Waals surface area (Å²) < 4.78 is 0. The average molecular weight is 279 g/mol. The molecule has 0 saturated carbocycles. The molecule has 2 rings (SSSR count). The molecule has 1 aromatic rings. The zero-order valence-corrected chi connectivity index (χ0v) is 11.9. The summed E-state index contributed by atoms with van der Waals surface area (Å²) in [6.07, 6.45) is 1.08. The highest BCUT2D eigenvalue weighted by atomic mass is 32.1. The van der Waals surface area contributed by atoms with Crippen LogP contribution in [0.5, 0.6) is 0 Å². The van der Waals surface area contributed by atoms with Crippen molar-refractivity contribution in [3.63, 3.8) is 0 Å². The van der Waals surface area contributed by atoms with Gasteiger partial charge < -0.3 is 15.3 Å². The highest BCUT2D eigenvalue weighted by molar-refractivity contribution is 7.80. The van der Waals surface area contributed by atoms with Crippen LogP contribution in [0.25, 0.3) is 0 Å². The largest absolute Gasteiger partial charge is 0.395 e. The number of nitrogens with one attached hydrogen (secondary N) is 1. The lowest BCUT2D eigenvalue weighted by Gasteiger charge is -2.24. The molecule has 1 fully saturated rings. The normalized spacial score (nSPS) is 17.0. The predicted octanol–water partition coefficient (Wildman–Crippen LogP) is 1.38. The quantitative estimate of drug-likeness (QED) is 0.818. The van der Waals surface area contributed by atoms with Crippen molar-refractivity contribution in [1.29, 1.82) is 0 Å². The molecule has 1 heterocycles. The Hall–Kier alpha value is -1.17. The molecule has 5 heteroatoms. The third-order valence-corrected chi connectivity index (χ3v) is 3.68. The molecule has 2 N–H and O–H groups in total. The van der Waals surface area contributed by atoms with E-state index in [1.54, 1.807) is 0 Å². The van der Waals surface area contributed by atoms with Gasteiger partial charge in [-0.25, -0.2) is 0 Å². The predicted molar refractivity (Wildman–Crippen MR) is 82.4 cm³/mol. The standard InChI is InChI=1S/C14H21N3OS/c18-12-11-16-7-4-8-17(10-9-16)14(19)15-13-5-2-1-3-6-13/h1-3,5-6,18H,4,7-12H2,(H,15,19). The number of benzene rings is 1. The van der Waals surface area contributed by atoms with Crippen LogP contribution >= 0.6 is 12.2 Å². The molecule has 104 valence electrons. The first-order valence-corrected chi connectivity index (χ1v) is 7.14. The van der Waals surface area contributed by atoms with E-state index in [0.717, 1.165) is 49.9 Å². The molecule has 0 bridgehead atoms. The lowest BCUT2D eigenvalue weighted by atomic mass is 10.3. The van der Waals surface area contributed by atoms with Gasteiger partial charge >= 0.3 is 0 Å². The maximum Gasteiger partial charge on any atom is 0.173 e. The van der Waals surface area contributed by atoms with Crippen LogP contribution in [0.4, 0.5) is 5.69 Å². The van der Waals surface area contributed by atoms with Crippen molar-refractivity contribution >= 4 is 23.0 Å². The van der Waals surface area contributed by atoms with Gasteiger partial charge in [-0.2, -0.15) is 0 Å². The van der Waals surface area contributed by atoms with E-state index in [0.29, 0.717) is 0 Å². The molecule has 0 atom stereocenters. The molecule has 0 radical (unpaired) electrons. The van der Waals surface area contributed by atoms with Crippen molar-refractivity contribution in [1.82, 2.24) is 9.80 Å². The molecular formula is C14H21N3OS. The third-order valence-electron chi connectivity index (χ3n) is 3.32. The van der Waals surface area contributed by atoms with Crippen LogP contribution in [0, 0.1) is 0 Å². The van der Waals surface area contributed by atoms with Gasteiger partial charge in [-0.1, -0.05) is 18.2 Å². The Kier molecular flexibility index (Phi) is 5.57. The Morgan fingerprint density at radius 3 is 2.68 bits per heavy atom. The number of nitrogens with zero attached hydrogens (tertiary/aromatic N) is 2. The molecule has 1 aliphatic heterocycles. The van der Waals surface area contributed by atoms with E-state index in [2.05, 4.69) is 15.1 Å². The molecular weight excluding hydrogens is 258 g/mol. The number of hydrogen-bond acceptors (Lipinski definition) is 3. The van der Waals surface area contributed by atoms with Gasteiger partial charge in [0.25, 0.3) is 0 Å². The third kappa shape index (κ3) is 4.45. The number of β-amino-alcohol motifs (C(OH)–C–C–N with tert-alkyl or cyclic N) is 1. The second kappa shape index (κ2) is 7.43. The summed E-state index contributed by atoms with van der Waals surface area (Å²) in [5, 5.41) is 13.1. The zero-order chi connectivity index (χ0) is 13.5. The number of aliphatic hydroxyl groups excluding tert-OH is 1. The van der Waals surface area contributed by atoms with Gasteiger partial charge in [-0.15, -0.1) is 0 Å². The van der Waals surface area contributed by atoms with Crippen molar-refractivity contribution in [2.24, 2.45) is 0 Å². The van der Waals surface area contributed by atoms with Gasteiger partial charge in [-0.05, 0) is 37.3 Å². The molecule has 0 aromatic heterocycles. The van der Waals surface area contributed by atoms with E-state index < -0.39 is 0 Å². The van der Waals surface area contributed by atoms with Gasteiger partial charge in [0.05, 0.1) is 6.61 Å². The topological polar surface area (TPSA) is 38.7 Å². The first-order valence-electron chi connectivity index (χ1n) is 6.74. The maximum atomic E-state index is 8.99. The van der Waals surface area contributed by atoms with E-state index in [-0.39, 0.29) is 6.61 Å². The second-order valence-electron chi connectivity index (χ2n) is 4.70. The Morgan fingerprint density at radius 2 is 1.95 bits per heavy atom. The molecule has 0 aliphatic carbocycles. The average Bonchev–Trinajstić information content (AvgIpc) is 2.66. The summed E-state index contributed by atoms with van der Waals surface area (Å²) in [6, 6.07) is 10.0. The Bertz CT molecular complexity index is 399. The number of aliphatic hydroxyl groups is 1. The van der Waals surface area contributed by atoms with Crippen LogP contribution in [0.15, 0.2) is 30.3 Å². The number of para-hydroxylation sites is 1. The van der Waals surface area contributed by atoms with Crippen LogP contribution in [0.1, 0.15) is 6.42 Å². The number of rotatable bonds is 3. The summed E-state index contributed by atoms with van der Waals surface area (Å²) in [6.45, 7) is 4.86. The fourth-order valence-corrected chi connectivity index (χ4v) is 2.56. The summed E-state index contributed by atoms with van der Waals surface area (Å²) in [4.78, 5) is 4.49. The van der Waals surface area contributed by atoms with Crippen LogP contribution < -0.4 is 5.32 Å². The minimum atomic E-state index is 0.229. The zero-order valence-electron chi connectivity index (χ0n) is 11.1. The molecule has 0 spiro atoms. The second-order valence-corrected chi connectivity index (χ2v) is 5.09. The SMILES string of the molecule is OCCN1CCCN(C(=S)Nc2ccccc2)CC1. The molecule has 0 unspecified atom stereocenters. The minimum absolute atomic E-state index is 0.229. The Balaban J connectivity index is 1.86.